The van der Waals surface area contributed by atoms with E-state index >= 15 is 0 Å². The molecular weight excluding hydrogens is 374 g/mol. The zero-order valence-corrected chi connectivity index (χ0v) is 16.7. The van der Waals surface area contributed by atoms with Crippen LogP contribution in [0.4, 0.5) is 0 Å². The fourth-order valence-electron chi connectivity index (χ4n) is 3.78. The Bertz CT molecular complexity index is 1040. The second kappa shape index (κ2) is 8.87. The van der Waals surface area contributed by atoms with Gasteiger partial charge in [0.25, 0.3) is 11.8 Å². The van der Waals surface area contributed by atoms with Crippen LogP contribution < -0.4 is 0 Å². The Hall–Kier alpha value is -3.53. The maximum Gasteiger partial charge on any atom is 0.261 e. The largest absolute Gasteiger partial charge is 0.300 e. The molecule has 0 N–H and O–H groups in total. The summed E-state index contributed by atoms with van der Waals surface area (Å²) in [6.45, 7) is 0.282. The van der Waals surface area contributed by atoms with Crippen LogP contribution in [0.3, 0.4) is 0 Å². The van der Waals surface area contributed by atoms with E-state index in [9.17, 15) is 14.4 Å². The molecule has 1 heterocycles. The monoisotopic (exact) mass is 397 g/mol. The summed E-state index contributed by atoms with van der Waals surface area (Å²) in [5.41, 5.74) is 4.36. The molecule has 0 unspecified atom stereocenters. The molecule has 2 amide bonds. The van der Waals surface area contributed by atoms with Gasteiger partial charge in [-0.2, -0.15) is 0 Å². The lowest BCUT2D eigenvalue weighted by Crippen LogP contribution is -2.31. The first kappa shape index (κ1) is 19.8. The minimum atomic E-state index is -0.262. The average molecular weight is 397 g/mol. The normalized spacial score (nSPS) is 12.9. The highest BCUT2D eigenvalue weighted by atomic mass is 16.2. The molecule has 150 valence electrons. The number of hydrogen-bond acceptors (Lipinski definition) is 3. The van der Waals surface area contributed by atoms with Gasteiger partial charge in [-0.3, -0.25) is 19.3 Å². The third-order valence-corrected chi connectivity index (χ3v) is 5.47. The molecule has 0 aromatic heterocycles. The van der Waals surface area contributed by atoms with Crippen LogP contribution >= 0.6 is 0 Å². The molecule has 30 heavy (non-hydrogen) atoms. The maximum absolute atomic E-state index is 12.3. The minimum absolute atomic E-state index is 0.152. The Morgan fingerprint density at radius 1 is 0.667 bits per heavy atom. The standard InChI is InChI=1S/C26H23NO3/c28-22(9-6-18-27-25(29)23-10-4-5-11-24(23)26(27)30)17-14-19-12-15-21(16-13-19)20-7-2-1-3-8-20/h1-5,7-8,10-13,15-16H,6,9,14,17-18H2. The highest BCUT2D eigenvalue weighted by molar-refractivity contribution is 6.21. The SMILES string of the molecule is O=C(CCCN1C(=O)c2ccccc2C1=O)CCc1ccc(-c2ccccc2)cc1. The van der Waals surface area contributed by atoms with Crippen LogP contribution in [-0.4, -0.2) is 29.0 Å². The van der Waals surface area contributed by atoms with E-state index < -0.39 is 0 Å². The Morgan fingerprint density at radius 2 is 1.23 bits per heavy atom. The lowest BCUT2D eigenvalue weighted by molar-refractivity contribution is -0.119. The second-order valence-electron chi connectivity index (χ2n) is 7.51. The third kappa shape index (κ3) is 4.23. The predicted molar refractivity (Wildman–Crippen MR) is 116 cm³/mol. The van der Waals surface area contributed by atoms with E-state index in [1.54, 1.807) is 24.3 Å². The first-order valence-electron chi connectivity index (χ1n) is 10.2. The van der Waals surface area contributed by atoms with Crippen molar-refractivity contribution in [2.75, 3.05) is 6.54 Å². The number of fused-ring (bicyclic) bond motifs is 1. The highest BCUT2D eigenvalue weighted by Crippen LogP contribution is 2.23. The van der Waals surface area contributed by atoms with E-state index in [1.807, 2.05) is 18.2 Å². The third-order valence-electron chi connectivity index (χ3n) is 5.47. The molecule has 0 fully saturated rings. The number of carbonyl (C=O) groups excluding carboxylic acids is 3. The van der Waals surface area contributed by atoms with Gasteiger partial charge >= 0.3 is 0 Å². The van der Waals surface area contributed by atoms with Gasteiger partial charge in [0.2, 0.25) is 0 Å². The van der Waals surface area contributed by atoms with Gasteiger partial charge in [-0.05, 0) is 41.7 Å². The molecule has 4 rings (SSSR count). The molecule has 4 heteroatoms. The van der Waals surface area contributed by atoms with Crippen molar-refractivity contribution in [3.63, 3.8) is 0 Å². The summed E-state index contributed by atoms with van der Waals surface area (Å²) in [7, 11) is 0. The van der Waals surface area contributed by atoms with Crippen LogP contribution in [0.25, 0.3) is 11.1 Å². The lowest BCUT2D eigenvalue weighted by atomic mass is 10.0. The van der Waals surface area contributed by atoms with Crippen molar-refractivity contribution in [2.24, 2.45) is 0 Å². The van der Waals surface area contributed by atoms with Crippen molar-refractivity contribution in [3.8, 4) is 11.1 Å². The molecule has 1 aliphatic heterocycles. The van der Waals surface area contributed by atoms with Gasteiger partial charge in [0.1, 0.15) is 5.78 Å². The first-order valence-corrected chi connectivity index (χ1v) is 10.2. The van der Waals surface area contributed by atoms with E-state index in [-0.39, 0.29) is 24.1 Å². The molecule has 0 saturated carbocycles. The number of Topliss-reactive ketones (excluding diaryl/α,β-unsaturated/α-hetero) is 1. The van der Waals surface area contributed by atoms with Crippen LogP contribution in [0, 0.1) is 0 Å². The summed E-state index contributed by atoms with van der Waals surface area (Å²) in [4.78, 5) is 38.2. The van der Waals surface area contributed by atoms with Gasteiger partial charge in [-0.1, -0.05) is 66.7 Å². The minimum Gasteiger partial charge on any atom is -0.300 e. The van der Waals surface area contributed by atoms with Crippen LogP contribution in [0.1, 0.15) is 45.5 Å². The molecule has 0 aliphatic carbocycles. The van der Waals surface area contributed by atoms with Gasteiger partial charge in [-0.15, -0.1) is 0 Å². The Kier molecular flexibility index (Phi) is 5.84. The van der Waals surface area contributed by atoms with Crippen molar-refractivity contribution < 1.29 is 14.4 Å². The first-order chi connectivity index (χ1) is 14.6. The van der Waals surface area contributed by atoms with Gasteiger partial charge < -0.3 is 0 Å². The Labute approximate surface area is 176 Å². The molecule has 3 aromatic carbocycles. The zero-order valence-electron chi connectivity index (χ0n) is 16.7. The summed E-state index contributed by atoms with van der Waals surface area (Å²) in [5.74, 6) is -0.373. The van der Waals surface area contributed by atoms with Gasteiger partial charge in [-0.25, -0.2) is 0 Å². The number of rotatable bonds is 8. The van der Waals surface area contributed by atoms with Crippen molar-refractivity contribution in [3.05, 3.63) is 95.6 Å². The van der Waals surface area contributed by atoms with E-state index in [4.69, 9.17) is 0 Å². The van der Waals surface area contributed by atoms with Gasteiger partial charge in [0.15, 0.2) is 0 Å². The van der Waals surface area contributed by atoms with Crippen LogP contribution in [0.2, 0.25) is 0 Å². The molecule has 0 saturated heterocycles. The smallest absolute Gasteiger partial charge is 0.261 e. The number of imide groups is 1. The Morgan fingerprint density at radius 3 is 1.87 bits per heavy atom. The Balaban J connectivity index is 1.23. The summed E-state index contributed by atoms with van der Waals surface area (Å²) >= 11 is 0. The molecule has 3 aromatic rings. The number of aryl methyl sites for hydroxylation is 1. The zero-order chi connectivity index (χ0) is 20.9. The number of carbonyl (C=O) groups is 3. The van der Waals surface area contributed by atoms with Crippen molar-refractivity contribution in [1.29, 1.82) is 0 Å². The summed E-state index contributed by atoms with van der Waals surface area (Å²) < 4.78 is 0. The molecule has 0 atom stereocenters. The van der Waals surface area contributed by atoms with E-state index in [0.717, 1.165) is 11.1 Å². The van der Waals surface area contributed by atoms with Crippen molar-refractivity contribution >= 4 is 17.6 Å². The number of amides is 2. The van der Waals surface area contributed by atoms with Crippen LogP contribution in [0.15, 0.2) is 78.9 Å². The number of hydrogen-bond donors (Lipinski definition) is 0. The quantitative estimate of drug-likeness (QED) is 0.506. The molecule has 4 nitrogen and oxygen atoms in total. The highest BCUT2D eigenvalue weighted by Gasteiger charge is 2.34. The van der Waals surface area contributed by atoms with E-state index in [0.29, 0.717) is 36.8 Å². The molecular formula is C26H23NO3. The predicted octanol–water partition coefficient (Wildman–Crippen LogP) is 4.93. The number of benzene rings is 3. The van der Waals surface area contributed by atoms with E-state index in [2.05, 4.69) is 36.4 Å². The van der Waals surface area contributed by atoms with Gasteiger partial charge in [0.05, 0.1) is 11.1 Å². The summed E-state index contributed by atoms with van der Waals surface area (Å²) in [6, 6.07) is 25.3. The number of ketones is 1. The summed E-state index contributed by atoms with van der Waals surface area (Å²) in [6.07, 6.45) is 2.03. The van der Waals surface area contributed by atoms with E-state index in [1.165, 1.54) is 10.5 Å². The lowest BCUT2D eigenvalue weighted by Gasteiger charge is -2.13. The molecule has 0 spiro atoms. The molecule has 1 aliphatic rings. The molecule has 0 bridgehead atoms. The molecule has 0 radical (unpaired) electrons. The summed E-state index contributed by atoms with van der Waals surface area (Å²) in [5, 5.41) is 0. The van der Waals surface area contributed by atoms with Crippen molar-refractivity contribution in [2.45, 2.75) is 25.7 Å². The fourth-order valence-corrected chi connectivity index (χ4v) is 3.78. The fraction of sp³-hybridized carbons (Fsp3) is 0.192. The van der Waals surface area contributed by atoms with Crippen LogP contribution in [0.5, 0.6) is 0 Å². The number of nitrogens with zero attached hydrogens (tertiary/aromatic N) is 1. The average Bonchev–Trinajstić information content (AvgIpc) is 3.04. The maximum atomic E-state index is 12.3. The van der Waals surface area contributed by atoms with Crippen LogP contribution in [-0.2, 0) is 11.2 Å². The topological polar surface area (TPSA) is 54.5 Å². The van der Waals surface area contributed by atoms with Gasteiger partial charge in [0, 0.05) is 19.4 Å². The second-order valence-corrected chi connectivity index (χ2v) is 7.51. The van der Waals surface area contributed by atoms with Crippen molar-refractivity contribution in [1.82, 2.24) is 4.90 Å².